The molecule has 0 N–H and O–H groups in total. The van der Waals surface area contributed by atoms with Crippen LogP contribution in [0.5, 0.6) is 5.75 Å². The van der Waals surface area contributed by atoms with Gasteiger partial charge in [0, 0.05) is 18.8 Å². The van der Waals surface area contributed by atoms with E-state index in [1.54, 1.807) is 18.4 Å². The quantitative estimate of drug-likeness (QED) is 0.750. The van der Waals surface area contributed by atoms with Crippen molar-refractivity contribution in [1.82, 2.24) is 0 Å². The van der Waals surface area contributed by atoms with Gasteiger partial charge < -0.3 is 9.64 Å². The molecule has 0 aliphatic carbocycles. The van der Waals surface area contributed by atoms with E-state index in [0.717, 1.165) is 5.75 Å². The minimum Gasteiger partial charge on any atom is -0.497 e. The van der Waals surface area contributed by atoms with E-state index in [-0.39, 0.29) is 0 Å². The maximum absolute atomic E-state index is 5.18. The van der Waals surface area contributed by atoms with Crippen molar-refractivity contribution in [3.05, 3.63) is 24.3 Å². The Bertz CT molecular complexity index is 447. The maximum Gasteiger partial charge on any atom is 0.119 e. The molecular formula is C11H13NOS. The van der Waals surface area contributed by atoms with E-state index in [1.807, 2.05) is 6.07 Å². The van der Waals surface area contributed by atoms with Gasteiger partial charge in [0.1, 0.15) is 5.75 Å². The second-order valence-electron chi connectivity index (χ2n) is 3.38. The molecule has 0 atom stereocenters. The highest BCUT2D eigenvalue weighted by atomic mass is 32.1. The number of rotatable bonds is 2. The van der Waals surface area contributed by atoms with Gasteiger partial charge in [-0.2, -0.15) is 0 Å². The van der Waals surface area contributed by atoms with Crippen LogP contribution in [0, 0.1) is 0 Å². The van der Waals surface area contributed by atoms with Crippen LogP contribution in [-0.4, -0.2) is 21.2 Å². The number of ether oxygens (including phenoxy) is 1. The maximum atomic E-state index is 5.18. The molecule has 1 heterocycles. The Morgan fingerprint density at radius 2 is 2.00 bits per heavy atom. The van der Waals surface area contributed by atoms with Gasteiger partial charge in [0.25, 0.3) is 0 Å². The molecule has 0 amide bonds. The molecule has 74 valence electrons. The van der Waals surface area contributed by atoms with Crippen LogP contribution in [0.4, 0.5) is 5.00 Å². The second-order valence-corrected chi connectivity index (χ2v) is 4.45. The average Bonchev–Trinajstić information content (AvgIpc) is 2.59. The summed E-state index contributed by atoms with van der Waals surface area (Å²) >= 11 is 1.79. The Kier molecular flexibility index (Phi) is 2.33. The SMILES string of the molecule is COc1ccc2sc(N(C)C)cc2c1. The van der Waals surface area contributed by atoms with Gasteiger partial charge in [0.05, 0.1) is 12.1 Å². The smallest absolute Gasteiger partial charge is 0.119 e. The minimum atomic E-state index is 0.917. The first-order chi connectivity index (χ1) is 6.70. The van der Waals surface area contributed by atoms with Crippen LogP contribution < -0.4 is 9.64 Å². The third-order valence-corrected chi connectivity index (χ3v) is 3.44. The molecule has 0 saturated heterocycles. The standard InChI is InChI=1S/C11H13NOS/c1-12(2)11-7-8-6-9(13-3)4-5-10(8)14-11/h4-7H,1-3H3. The molecule has 0 spiro atoms. The lowest BCUT2D eigenvalue weighted by Gasteiger charge is -2.06. The summed E-state index contributed by atoms with van der Waals surface area (Å²) in [6.45, 7) is 0. The van der Waals surface area contributed by atoms with E-state index in [0.29, 0.717) is 0 Å². The average molecular weight is 207 g/mol. The van der Waals surface area contributed by atoms with Crippen LogP contribution in [0.3, 0.4) is 0 Å². The molecular weight excluding hydrogens is 194 g/mol. The van der Waals surface area contributed by atoms with Crippen LogP contribution >= 0.6 is 11.3 Å². The van der Waals surface area contributed by atoms with E-state index >= 15 is 0 Å². The lowest BCUT2D eigenvalue weighted by Crippen LogP contribution is -2.05. The van der Waals surface area contributed by atoms with E-state index in [4.69, 9.17) is 4.74 Å². The first kappa shape index (κ1) is 9.34. The zero-order valence-corrected chi connectivity index (χ0v) is 9.39. The second kappa shape index (κ2) is 3.50. The van der Waals surface area contributed by atoms with Crippen molar-refractivity contribution < 1.29 is 4.74 Å². The number of anilines is 1. The first-order valence-electron chi connectivity index (χ1n) is 4.45. The number of fused-ring (bicyclic) bond motifs is 1. The summed E-state index contributed by atoms with van der Waals surface area (Å²) in [7, 11) is 5.81. The molecule has 0 fully saturated rings. The monoisotopic (exact) mass is 207 g/mol. The molecule has 2 nitrogen and oxygen atoms in total. The summed E-state index contributed by atoms with van der Waals surface area (Å²) in [5, 5.41) is 2.52. The Labute approximate surface area is 87.7 Å². The number of nitrogens with zero attached hydrogens (tertiary/aromatic N) is 1. The van der Waals surface area contributed by atoms with Crippen LogP contribution in [0.15, 0.2) is 24.3 Å². The molecule has 0 radical (unpaired) electrons. The lowest BCUT2D eigenvalue weighted by atomic mass is 10.2. The van der Waals surface area contributed by atoms with Gasteiger partial charge in [-0.1, -0.05) is 0 Å². The molecule has 0 saturated carbocycles. The first-order valence-corrected chi connectivity index (χ1v) is 5.27. The van der Waals surface area contributed by atoms with Crippen LogP contribution in [0.1, 0.15) is 0 Å². The number of hydrogen-bond donors (Lipinski definition) is 0. The summed E-state index contributed by atoms with van der Waals surface area (Å²) in [6, 6.07) is 8.35. The Morgan fingerprint density at radius 3 is 2.64 bits per heavy atom. The predicted molar refractivity (Wildman–Crippen MR) is 62.7 cm³/mol. The summed E-state index contributed by atoms with van der Waals surface area (Å²) in [5.41, 5.74) is 0. The lowest BCUT2D eigenvalue weighted by molar-refractivity contribution is 0.415. The van der Waals surface area contributed by atoms with Crippen molar-refractivity contribution in [2.24, 2.45) is 0 Å². The summed E-state index contributed by atoms with van der Waals surface area (Å²) < 4.78 is 6.48. The van der Waals surface area contributed by atoms with Crippen molar-refractivity contribution in [3.8, 4) is 5.75 Å². The van der Waals surface area contributed by atoms with Crippen molar-refractivity contribution >= 4 is 26.4 Å². The third kappa shape index (κ3) is 1.55. The highest BCUT2D eigenvalue weighted by Gasteiger charge is 2.03. The predicted octanol–water partition coefficient (Wildman–Crippen LogP) is 2.98. The van der Waals surface area contributed by atoms with Gasteiger partial charge in [-0.3, -0.25) is 0 Å². The van der Waals surface area contributed by atoms with Gasteiger partial charge >= 0.3 is 0 Å². The molecule has 1 aromatic heterocycles. The highest BCUT2D eigenvalue weighted by molar-refractivity contribution is 7.22. The van der Waals surface area contributed by atoms with Crippen LogP contribution in [0.25, 0.3) is 10.1 Å². The molecule has 2 rings (SSSR count). The Hall–Kier alpha value is -1.22. The summed E-state index contributed by atoms with van der Waals surface area (Å²) in [6.07, 6.45) is 0. The number of thiophene rings is 1. The molecule has 0 unspecified atom stereocenters. The zero-order valence-electron chi connectivity index (χ0n) is 8.57. The number of methoxy groups -OCH3 is 1. The molecule has 2 aromatic rings. The molecule has 14 heavy (non-hydrogen) atoms. The van der Waals surface area contributed by atoms with Crippen LogP contribution in [0.2, 0.25) is 0 Å². The van der Waals surface area contributed by atoms with Crippen molar-refractivity contribution in [3.63, 3.8) is 0 Å². The normalized spacial score (nSPS) is 10.5. The Morgan fingerprint density at radius 1 is 1.21 bits per heavy atom. The van der Waals surface area contributed by atoms with Gasteiger partial charge in [-0.15, -0.1) is 11.3 Å². The van der Waals surface area contributed by atoms with E-state index in [1.165, 1.54) is 15.1 Å². The molecule has 3 heteroatoms. The summed E-state index contributed by atoms with van der Waals surface area (Å²) in [5.74, 6) is 0.917. The van der Waals surface area contributed by atoms with E-state index in [9.17, 15) is 0 Å². The van der Waals surface area contributed by atoms with E-state index < -0.39 is 0 Å². The van der Waals surface area contributed by atoms with Gasteiger partial charge in [-0.25, -0.2) is 0 Å². The fourth-order valence-electron chi connectivity index (χ4n) is 1.35. The van der Waals surface area contributed by atoms with Crippen molar-refractivity contribution in [2.75, 3.05) is 26.1 Å². The fraction of sp³-hybridized carbons (Fsp3) is 0.273. The van der Waals surface area contributed by atoms with E-state index in [2.05, 4.69) is 37.2 Å². The topological polar surface area (TPSA) is 12.5 Å². The van der Waals surface area contributed by atoms with Crippen molar-refractivity contribution in [1.29, 1.82) is 0 Å². The van der Waals surface area contributed by atoms with Crippen LogP contribution in [-0.2, 0) is 0 Å². The minimum absolute atomic E-state index is 0.917. The molecule has 1 aromatic carbocycles. The van der Waals surface area contributed by atoms with Gasteiger partial charge in [-0.05, 0) is 29.7 Å². The molecule has 0 aliphatic rings. The van der Waals surface area contributed by atoms with Gasteiger partial charge in [0.2, 0.25) is 0 Å². The highest BCUT2D eigenvalue weighted by Crippen LogP contribution is 2.33. The third-order valence-electron chi connectivity index (χ3n) is 2.15. The van der Waals surface area contributed by atoms with Gasteiger partial charge in [0.15, 0.2) is 0 Å². The fourth-order valence-corrected chi connectivity index (χ4v) is 2.32. The van der Waals surface area contributed by atoms with Crippen molar-refractivity contribution in [2.45, 2.75) is 0 Å². The number of hydrogen-bond acceptors (Lipinski definition) is 3. The largest absolute Gasteiger partial charge is 0.497 e. The Balaban J connectivity index is 2.54. The summed E-state index contributed by atoms with van der Waals surface area (Å²) in [4.78, 5) is 2.12. The molecule has 0 bridgehead atoms. The number of benzene rings is 1. The molecule has 0 aliphatic heterocycles. The zero-order chi connectivity index (χ0) is 10.1.